The van der Waals surface area contributed by atoms with E-state index in [2.05, 4.69) is 24.3 Å². The summed E-state index contributed by atoms with van der Waals surface area (Å²) in [6, 6.07) is 26.5. The SMILES string of the molecule is NC1CCC(Cc2ccc(-c3ccccc3C(=O)c3ccccc3)cc2)CC1. The number of benzene rings is 3. The molecular weight excluding hydrogens is 342 g/mol. The van der Waals surface area contributed by atoms with Crippen molar-refractivity contribution in [1.82, 2.24) is 0 Å². The summed E-state index contributed by atoms with van der Waals surface area (Å²) in [5.74, 6) is 0.816. The molecule has 142 valence electrons. The lowest BCUT2D eigenvalue weighted by atomic mass is 9.82. The first kappa shape index (κ1) is 18.6. The predicted molar refractivity (Wildman–Crippen MR) is 115 cm³/mol. The van der Waals surface area contributed by atoms with Crippen molar-refractivity contribution < 1.29 is 4.79 Å². The lowest BCUT2D eigenvalue weighted by molar-refractivity contribution is 0.103. The molecule has 0 bridgehead atoms. The molecule has 0 radical (unpaired) electrons. The van der Waals surface area contributed by atoms with Crippen molar-refractivity contribution >= 4 is 5.78 Å². The molecule has 1 aliphatic rings. The molecule has 0 heterocycles. The lowest BCUT2D eigenvalue weighted by Gasteiger charge is -2.26. The fourth-order valence-corrected chi connectivity index (χ4v) is 4.22. The van der Waals surface area contributed by atoms with Crippen molar-refractivity contribution in [1.29, 1.82) is 0 Å². The summed E-state index contributed by atoms with van der Waals surface area (Å²) >= 11 is 0. The second kappa shape index (κ2) is 8.53. The maximum atomic E-state index is 13.0. The molecular formula is C26H27NO. The van der Waals surface area contributed by atoms with Crippen molar-refractivity contribution in [3.63, 3.8) is 0 Å². The van der Waals surface area contributed by atoms with E-state index in [-0.39, 0.29) is 5.78 Å². The summed E-state index contributed by atoms with van der Waals surface area (Å²) in [5, 5.41) is 0. The standard InChI is InChI=1S/C26H27NO/c27-23-16-12-20(13-17-23)18-19-10-14-21(15-11-19)24-8-4-5-9-25(24)26(28)22-6-2-1-3-7-22/h1-11,14-15,20,23H,12-13,16-18,27H2. The average Bonchev–Trinajstić information content (AvgIpc) is 2.76. The summed E-state index contributed by atoms with van der Waals surface area (Å²) < 4.78 is 0. The second-order valence-corrected chi connectivity index (χ2v) is 7.92. The van der Waals surface area contributed by atoms with Gasteiger partial charge in [-0.1, -0.05) is 78.9 Å². The smallest absolute Gasteiger partial charge is 0.193 e. The van der Waals surface area contributed by atoms with Crippen LogP contribution in [-0.2, 0) is 6.42 Å². The summed E-state index contributed by atoms with van der Waals surface area (Å²) in [6.07, 6.45) is 5.89. The first-order valence-electron chi connectivity index (χ1n) is 10.2. The minimum atomic E-state index is 0.0684. The van der Waals surface area contributed by atoms with Crippen LogP contribution >= 0.6 is 0 Å². The molecule has 0 aliphatic heterocycles. The molecule has 2 heteroatoms. The van der Waals surface area contributed by atoms with Crippen LogP contribution in [0.3, 0.4) is 0 Å². The predicted octanol–water partition coefficient (Wildman–Crippen LogP) is 5.64. The number of hydrogen-bond acceptors (Lipinski definition) is 2. The van der Waals surface area contributed by atoms with Crippen molar-refractivity contribution in [3.8, 4) is 11.1 Å². The van der Waals surface area contributed by atoms with Crippen molar-refractivity contribution in [2.24, 2.45) is 11.7 Å². The van der Waals surface area contributed by atoms with Crippen LogP contribution in [0.15, 0.2) is 78.9 Å². The highest BCUT2D eigenvalue weighted by Crippen LogP contribution is 2.29. The highest BCUT2D eigenvalue weighted by atomic mass is 16.1. The zero-order valence-corrected chi connectivity index (χ0v) is 16.2. The zero-order chi connectivity index (χ0) is 19.3. The summed E-state index contributed by atoms with van der Waals surface area (Å²) in [4.78, 5) is 13.0. The highest BCUT2D eigenvalue weighted by Gasteiger charge is 2.19. The quantitative estimate of drug-likeness (QED) is 0.591. The van der Waals surface area contributed by atoms with Gasteiger partial charge in [-0.15, -0.1) is 0 Å². The molecule has 0 aromatic heterocycles. The van der Waals surface area contributed by atoms with Crippen LogP contribution in [0.2, 0.25) is 0 Å². The van der Waals surface area contributed by atoms with E-state index in [1.54, 1.807) is 0 Å². The number of ketones is 1. The fourth-order valence-electron chi connectivity index (χ4n) is 4.22. The minimum Gasteiger partial charge on any atom is -0.328 e. The topological polar surface area (TPSA) is 43.1 Å². The van der Waals surface area contributed by atoms with Gasteiger partial charge in [0.25, 0.3) is 0 Å². The number of carbonyl (C=O) groups excluding carboxylic acids is 1. The van der Waals surface area contributed by atoms with Crippen molar-refractivity contribution in [2.45, 2.75) is 38.1 Å². The monoisotopic (exact) mass is 369 g/mol. The Morgan fingerprint density at radius 2 is 1.43 bits per heavy atom. The molecule has 28 heavy (non-hydrogen) atoms. The van der Waals surface area contributed by atoms with Gasteiger partial charge >= 0.3 is 0 Å². The second-order valence-electron chi connectivity index (χ2n) is 7.92. The van der Waals surface area contributed by atoms with Crippen LogP contribution in [0.1, 0.15) is 47.2 Å². The zero-order valence-electron chi connectivity index (χ0n) is 16.2. The van der Waals surface area contributed by atoms with E-state index in [4.69, 9.17) is 5.73 Å². The summed E-state index contributed by atoms with van der Waals surface area (Å²) in [7, 11) is 0. The van der Waals surface area contributed by atoms with Gasteiger partial charge in [0, 0.05) is 17.2 Å². The summed E-state index contributed by atoms with van der Waals surface area (Å²) in [6.45, 7) is 0. The Balaban J connectivity index is 1.54. The number of hydrogen-bond donors (Lipinski definition) is 1. The van der Waals surface area contributed by atoms with E-state index in [0.29, 0.717) is 6.04 Å². The van der Waals surface area contributed by atoms with Crippen LogP contribution < -0.4 is 5.73 Å². The molecule has 1 fully saturated rings. The number of nitrogens with two attached hydrogens (primary N) is 1. The highest BCUT2D eigenvalue weighted by molar-refractivity contribution is 6.12. The largest absolute Gasteiger partial charge is 0.328 e. The fraction of sp³-hybridized carbons (Fsp3) is 0.269. The van der Waals surface area contributed by atoms with Crippen LogP contribution in [0.4, 0.5) is 0 Å². The molecule has 1 aliphatic carbocycles. The molecule has 2 N–H and O–H groups in total. The van der Waals surface area contributed by atoms with Gasteiger partial charge in [0.05, 0.1) is 0 Å². The molecule has 4 rings (SSSR count). The molecule has 3 aromatic carbocycles. The van der Waals surface area contributed by atoms with Crippen molar-refractivity contribution in [2.75, 3.05) is 0 Å². The lowest BCUT2D eigenvalue weighted by Crippen LogP contribution is -2.27. The van der Waals surface area contributed by atoms with E-state index in [1.807, 2.05) is 54.6 Å². The average molecular weight is 370 g/mol. The Morgan fingerprint density at radius 3 is 2.14 bits per heavy atom. The van der Waals surface area contributed by atoms with E-state index >= 15 is 0 Å². The minimum absolute atomic E-state index is 0.0684. The van der Waals surface area contributed by atoms with Crippen LogP contribution in [-0.4, -0.2) is 11.8 Å². The Labute approximate surface area is 167 Å². The van der Waals surface area contributed by atoms with Gasteiger partial charge in [-0.2, -0.15) is 0 Å². The normalized spacial score (nSPS) is 19.3. The van der Waals surface area contributed by atoms with E-state index in [1.165, 1.54) is 18.4 Å². The Bertz CT molecular complexity index is 922. The van der Waals surface area contributed by atoms with Gasteiger partial charge in [-0.05, 0) is 54.7 Å². The maximum Gasteiger partial charge on any atom is 0.193 e. The Kier molecular flexibility index (Phi) is 5.68. The molecule has 0 unspecified atom stereocenters. The van der Waals surface area contributed by atoms with Crippen molar-refractivity contribution in [3.05, 3.63) is 95.6 Å². The molecule has 0 atom stereocenters. The number of carbonyl (C=O) groups is 1. The van der Waals surface area contributed by atoms with E-state index < -0.39 is 0 Å². The molecule has 2 nitrogen and oxygen atoms in total. The molecule has 1 saturated carbocycles. The molecule has 0 spiro atoms. The third kappa shape index (κ3) is 4.23. The van der Waals surface area contributed by atoms with Gasteiger partial charge in [-0.3, -0.25) is 4.79 Å². The van der Waals surface area contributed by atoms with Gasteiger partial charge in [0.15, 0.2) is 5.78 Å². The van der Waals surface area contributed by atoms with Gasteiger partial charge < -0.3 is 5.73 Å². The third-order valence-corrected chi connectivity index (χ3v) is 5.89. The van der Waals surface area contributed by atoms with E-state index in [9.17, 15) is 4.79 Å². The van der Waals surface area contributed by atoms with Gasteiger partial charge in [0.1, 0.15) is 0 Å². The Morgan fingerprint density at radius 1 is 0.786 bits per heavy atom. The number of rotatable bonds is 5. The van der Waals surface area contributed by atoms with Crippen LogP contribution in [0.5, 0.6) is 0 Å². The molecule has 3 aromatic rings. The van der Waals surface area contributed by atoms with Crippen LogP contribution in [0, 0.1) is 5.92 Å². The molecule has 0 amide bonds. The maximum absolute atomic E-state index is 13.0. The molecule has 0 saturated heterocycles. The Hall–Kier alpha value is -2.71. The van der Waals surface area contributed by atoms with Gasteiger partial charge in [0.2, 0.25) is 0 Å². The van der Waals surface area contributed by atoms with E-state index in [0.717, 1.165) is 47.4 Å². The first-order valence-corrected chi connectivity index (χ1v) is 10.2. The van der Waals surface area contributed by atoms with Gasteiger partial charge in [-0.25, -0.2) is 0 Å². The summed E-state index contributed by atoms with van der Waals surface area (Å²) in [5.41, 5.74) is 11.0. The first-order chi connectivity index (χ1) is 13.7. The third-order valence-electron chi connectivity index (χ3n) is 5.89. The van der Waals surface area contributed by atoms with Crippen LogP contribution in [0.25, 0.3) is 11.1 Å².